The Morgan fingerprint density at radius 3 is 3.06 bits per heavy atom. The Labute approximate surface area is 91.8 Å². The Morgan fingerprint density at radius 1 is 1.50 bits per heavy atom. The summed E-state index contributed by atoms with van der Waals surface area (Å²) in [4.78, 5) is 5.81. The molecule has 2 saturated heterocycles. The zero-order valence-electron chi connectivity index (χ0n) is 8.43. The van der Waals surface area contributed by atoms with Crippen molar-refractivity contribution in [3.63, 3.8) is 0 Å². The third-order valence-corrected chi connectivity index (χ3v) is 3.00. The molecule has 0 spiro atoms. The summed E-state index contributed by atoms with van der Waals surface area (Å²) in [7, 11) is 0. The first-order valence-corrected chi connectivity index (χ1v) is 5.09. The van der Waals surface area contributed by atoms with E-state index in [-0.39, 0.29) is 6.61 Å². The molecule has 4 N–H and O–H groups in total. The van der Waals surface area contributed by atoms with Gasteiger partial charge in [-0.15, -0.1) is 0 Å². The molecule has 5 atom stereocenters. The molecule has 0 unspecified atom stereocenters. The van der Waals surface area contributed by atoms with Crippen LogP contribution in [0.1, 0.15) is 0 Å². The van der Waals surface area contributed by atoms with Crippen molar-refractivity contribution in [2.24, 2.45) is 10.7 Å². The fraction of sp³-hybridized carbons (Fsp3) is 0.667. The van der Waals surface area contributed by atoms with Crippen molar-refractivity contribution in [1.29, 1.82) is 0 Å². The first-order valence-electron chi connectivity index (χ1n) is 5.09. The third-order valence-electron chi connectivity index (χ3n) is 3.00. The SMILES string of the molecule is NC1=N[C@H]2O[C@H]3[C@H](O)[C@H](CO)O[C@@H]3N2C=C1. The molecule has 0 aliphatic carbocycles. The van der Waals surface area contributed by atoms with Crippen LogP contribution in [0.3, 0.4) is 0 Å². The summed E-state index contributed by atoms with van der Waals surface area (Å²) in [5, 5.41) is 18.8. The molecule has 2 fully saturated rings. The number of aliphatic hydroxyl groups is 2. The minimum absolute atomic E-state index is 0.231. The van der Waals surface area contributed by atoms with E-state index in [9.17, 15) is 5.11 Å². The molecule has 0 bridgehead atoms. The topological polar surface area (TPSA) is 101 Å². The summed E-state index contributed by atoms with van der Waals surface area (Å²) >= 11 is 0. The van der Waals surface area contributed by atoms with Gasteiger partial charge >= 0.3 is 0 Å². The fourth-order valence-electron chi connectivity index (χ4n) is 2.18. The highest BCUT2D eigenvalue weighted by molar-refractivity contribution is 5.91. The van der Waals surface area contributed by atoms with E-state index in [0.29, 0.717) is 5.84 Å². The molecule has 3 heterocycles. The maximum Gasteiger partial charge on any atom is 0.232 e. The van der Waals surface area contributed by atoms with E-state index in [1.165, 1.54) is 0 Å². The van der Waals surface area contributed by atoms with E-state index in [1.54, 1.807) is 17.2 Å². The molecule has 3 aliphatic rings. The van der Waals surface area contributed by atoms with Crippen molar-refractivity contribution in [1.82, 2.24) is 4.90 Å². The van der Waals surface area contributed by atoms with Crippen LogP contribution in [0.4, 0.5) is 0 Å². The lowest BCUT2D eigenvalue weighted by molar-refractivity contribution is -0.0910. The first-order chi connectivity index (χ1) is 7.70. The maximum absolute atomic E-state index is 9.83. The number of aliphatic hydroxyl groups excluding tert-OH is 2. The predicted molar refractivity (Wildman–Crippen MR) is 53.0 cm³/mol. The van der Waals surface area contributed by atoms with Gasteiger partial charge in [-0.3, -0.25) is 0 Å². The van der Waals surface area contributed by atoms with Gasteiger partial charge in [0.25, 0.3) is 0 Å². The summed E-state index contributed by atoms with van der Waals surface area (Å²) in [6.07, 6.45) is 0.480. The summed E-state index contributed by atoms with van der Waals surface area (Å²) in [5.41, 5.74) is 5.54. The maximum atomic E-state index is 9.83. The number of ether oxygens (including phenoxy) is 2. The minimum atomic E-state index is -0.842. The summed E-state index contributed by atoms with van der Waals surface area (Å²) in [6.45, 7) is -0.231. The number of aliphatic imine (C=N–C) groups is 1. The Morgan fingerprint density at radius 2 is 2.31 bits per heavy atom. The van der Waals surface area contributed by atoms with Gasteiger partial charge in [0, 0.05) is 6.20 Å². The van der Waals surface area contributed by atoms with Crippen molar-refractivity contribution in [2.75, 3.05) is 6.61 Å². The lowest BCUT2D eigenvalue weighted by Gasteiger charge is -2.26. The Bertz CT molecular complexity index is 359. The van der Waals surface area contributed by atoms with Crippen molar-refractivity contribution in [3.05, 3.63) is 12.3 Å². The number of rotatable bonds is 1. The lowest BCUT2D eigenvalue weighted by atomic mass is 10.1. The molecule has 88 valence electrons. The zero-order chi connectivity index (χ0) is 11.3. The third kappa shape index (κ3) is 1.26. The van der Waals surface area contributed by atoms with Crippen LogP contribution in [-0.4, -0.2) is 58.4 Å². The average molecular weight is 227 g/mol. The van der Waals surface area contributed by atoms with Crippen LogP contribution in [-0.2, 0) is 9.47 Å². The molecule has 0 aromatic heterocycles. The number of nitrogens with two attached hydrogens (primary N) is 1. The van der Waals surface area contributed by atoms with Crippen LogP contribution >= 0.6 is 0 Å². The van der Waals surface area contributed by atoms with Gasteiger partial charge in [-0.25, -0.2) is 4.99 Å². The molecule has 0 aromatic carbocycles. The Balaban J connectivity index is 1.83. The summed E-state index contributed by atoms with van der Waals surface area (Å²) in [6, 6.07) is 0. The van der Waals surface area contributed by atoms with Gasteiger partial charge in [-0.1, -0.05) is 0 Å². The van der Waals surface area contributed by atoms with Crippen LogP contribution in [0, 0.1) is 0 Å². The molecule has 0 amide bonds. The standard InChI is InChI=1S/C9H13N3O4/c10-5-1-2-12-8-7(16-9(12)11-5)6(14)4(3-13)15-8/h1-2,4,6-9,13-14H,3H2,(H2,10,11)/t4-,6+,7-,8-,9+/m0/s1. The molecule has 0 saturated carbocycles. The van der Waals surface area contributed by atoms with Gasteiger partial charge in [-0.2, -0.15) is 0 Å². The van der Waals surface area contributed by atoms with Gasteiger partial charge in [0.15, 0.2) is 6.23 Å². The molecule has 3 rings (SSSR count). The number of fused-ring (bicyclic) bond motifs is 3. The number of hydrogen-bond acceptors (Lipinski definition) is 7. The molecule has 3 aliphatic heterocycles. The number of hydrogen-bond donors (Lipinski definition) is 3. The quantitative estimate of drug-likeness (QED) is 0.476. The number of nitrogens with zero attached hydrogens (tertiary/aromatic N) is 2. The lowest BCUT2D eigenvalue weighted by Crippen LogP contribution is -2.37. The molecule has 16 heavy (non-hydrogen) atoms. The summed E-state index contributed by atoms with van der Waals surface area (Å²) in [5.74, 6) is 0.384. The molecule has 0 aromatic rings. The smallest absolute Gasteiger partial charge is 0.232 e. The highest BCUT2D eigenvalue weighted by atomic mass is 16.6. The molecule has 7 nitrogen and oxygen atoms in total. The van der Waals surface area contributed by atoms with Crippen molar-refractivity contribution >= 4 is 5.84 Å². The highest BCUT2D eigenvalue weighted by Crippen LogP contribution is 2.36. The minimum Gasteiger partial charge on any atom is -0.394 e. The second-order valence-electron chi connectivity index (χ2n) is 3.98. The largest absolute Gasteiger partial charge is 0.394 e. The second-order valence-corrected chi connectivity index (χ2v) is 3.98. The van der Waals surface area contributed by atoms with Crippen LogP contribution in [0.2, 0.25) is 0 Å². The Hall–Kier alpha value is -1.15. The van der Waals surface area contributed by atoms with E-state index in [1.807, 2.05) is 0 Å². The molecule has 0 radical (unpaired) electrons. The zero-order valence-corrected chi connectivity index (χ0v) is 8.43. The van der Waals surface area contributed by atoms with Crippen molar-refractivity contribution in [2.45, 2.75) is 30.9 Å². The van der Waals surface area contributed by atoms with E-state index < -0.39 is 30.9 Å². The second kappa shape index (κ2) is 3.42. The van der Waals surface area contributed by atoms with Gasteiger partial charge in [0.1, 0.15) is 24.1 Å². The van der Waals surface area contributed by atoms with E-state index in [4.69, 9.17) is 20.3 Å². The van der Waals surface area contributed by atoms with Gasteiger partial charge in [-0.05, 0) is 6.08 Å². The van der Waals surface area contributed by atoms with E-state index >= 15 is 0 Å². The average Bonchev–Trinajstić information content (AvgIpc) is 2.75. The van der Waals surface area contributed by atoms with Crippen molar-refractivity contribution < 1.29 is 19.7 Å². The van der Waals surface area contributed by atoms with E-state index in [0.717, 1.165) is 0 Å². The molecule has 7 heteroatoms. The van der Waals surface area contributed by atoms with Crippen LogP contribution in [0.5, 0.6) is 0 Å². The summed E-state index contributed by atoms with van der Waals surface area (Å²) < 4.78 is 11.0. The van der Waals surface area contributed by atoms with Crippen molar-refractivity contribution in [3.8, 4) is 0 Å². The van der Waals surface area contributed by atoms with Gasteiger partial charge in [0.2, 0.25) is 6.35 Å². The number of amidine groups is 1. The van der Waals surface area contributed by atoms with E-state index in [2.05, 4.69) is 4.99 Å². The van der Waals surface area contributed by atoms with Crippen LogP contribution in [0.25, 0.3) is 0 Å². The van der Waals surface area contributed by atoms with Crippen LogP contribution < -0.4 is 5.73 Å². The first kappa shape index (κ1) is 10.0. The molecular formula is C9H13N3O4. The Kier molecular flexibility index (Phi) is 2.15. The molecular weight excluding hydrogens is 214 g/mol. The monoisotopic (exact) mass is 227 g/mol. The highest BCUT2D eigenvalue weighted by Gasteiger charge is 2.54. The van der Waals surface area contributed by atoms with Crippen LogP contribution in [0.15, 0.2) is 17.3 Å². The normalized spacial score (nSPS) is 45.5. The predicted octanol–water partition coefficient (Wildman–Crippen LogP) is -2.07. The van der Waals surface area contributed by atoms with Gasteiger partial charge in [0.05, 0.1) is 6.61 Å². The van der Waals surface area contributed by atoms with Gasteiger partial charge < -0.3 is 30.3 Å². The fourth-order valence-corrected chi connectivity index (χ4v) is 2.18.